The van der Waals surface area contributed by atoms with Gasteiger partial charge in [0.15, 0.2) is 0 Å². The van der Waals surface area contributed by atoms with E-state index in [0.717, 1.165) is 29.6 Å². The average molecular weight is 252 g/mol. The number of hydrogen-bond donors (Lipinski definition) is 0. The fraction of sp³-hybridized carbons (Fsp3) is 1.00. The third-order valence-corrected chi connectivity index (χ3v) is 4.93. The Bertz CT molecular complexity index is 196. The summed E-state index contributed by atoms with van der Waals surface area (Å²) in [4.78, 5) is 0. The van der Waals surface area contributed by atoms with Crippen molar-refractivity contribution in [3.05, 3.63) is 0 Å². The Kier molecular flexibility index (Phi) is 7.34. The van der Waals surface area contributed by atoms with E-state index in [-0.39, 0.29) is 0 Å². The molecule has 0 spiro atoms. The standard InChI is InChI=1S/C18H36/c1-14(2)7-6-8-17-9-11-18(12-10-17)16(5)13-15(3)4/h14-18H,6-13H2,1-5H3. The summed E-state index contributed by atoms with van der Waals surface area (Å²) < 4.78 is 0. The lowest BCUT2D eigenvalue weighted by molar-refractivity contribution is 0.187. The molecule has 1 fully saturated rings. The predicted octanol–water partition coefficient (Wildman–Crippen LogP) is 6.30. The van der Waals surface area contributed by atoms with E-state index in [1.54, 1.807) is 0 Å². The SMILES string of the molecule is CC(C)CCCC1CCC(C(C)CC(C)C)CC1. The zero-order valence-corrected chi connectivity index (χ0v) is 13.5. The van der Waals surface area contributed by atoms with Crippen molar-refractivity contribution in [1.29, 1.82) is 0 Å². The van der Waals surface area contributed by atoms with Crippen LogP contribution in [0.4, 0.5) is 0 Å². The van der Waals surface area contributed by atoms with Crippen LogP contribution in [0, 0.1) is 29.6 Å². The van der Waals surface area contributed by atoms with E-state index >= 15 is 0 Å². The van der Waals surface area contributed by atoms with Gasteiger partial charge in [0.1, 0.15) is 0 Å². The largest absolute Gasteiger partial charge is 0.0628 e. The van der Waals surface area contributed by atoms with E-state index in [9.17, 15) is 0 Å². The second-order valence-corrected chi connectivity index (χ2v) is 7.71. The molecule has 0 heteroatoms. The van der Waals surface area contributed by atoms with Crippen molar-refractivity contribution in [2.45, 2.75) is 86.0 Å². The summed E-state index contributed by atoms with van der Waals surface area (Å²) in [7, 11) is 0. The molecule has 1 unspecified atom stereocenters. The van der Waals surface area contributed by atoms with Crippen LogP contribution in [0.3, 0.4) is 0 Å². The van der Waals surface area contributed by atoms with Gasteiger partial charge in [-0.15, -0.1) is 0 Å². The molecule has 0 aromatic heterocycles. The maximum absolute atomic E-state index is 2.49. The second kappa shape index (κ2) is 8.23. The van der Waals surface area contributed by atoms with Gasteiger partial charge in [0.25, 0.3) is 0 Å². The highest BCUT2D eigenvalue weighted by Crippen LogP contribution is 2.37. The van der Waals surface area contributed by atoms with E-state index in [4.69, 9.17) is 0 Å². The molecule has 0 N–H and O–H groups in total. The number of hydrogen-bond acceptors (Lipinski definition) is 0. The molecule has 0 saturated heterocycles. The Labute approximate surface area is 116 Å². The summed E-state index contributed by atoms with van der Waals surface area (Å²) in [6.45, 7) is 11.9. The van der Waals surface area contributed by atoms with Crippen molar-refractivity contribution in [1.82, 2.24) is 0 Å². The van der Waals surface area contributed by atoms with Crippen molar-refractivity contribution >= 4 is 0 Å². The molecule has 0 amide bonds. The minimum absolute atomic E-state index is 0.878. The van der Waals surface area contributed by atoms with Crippen molar-refractivity contribution in [2.75, 3.05) is 0 Å². The third-order valence-electron chi connectivity index (χ3n) is 4.93. The summed E-state index contributed by atoms with van der Waals surface area (Å²) >= 11 is 0. The first-order chi connectivity index (χ1) is 8.49. The maximum Gasteiger partial charge on any atom is -0.0388 e. The summed E-state index contributed by atoms with van der Waals surface area (Å²) in [6.07, 6.45) is 11.9. The summed E-state index contributed by atoms with van der Waals surface area (Å²) in [5.41, 5.74) is 0. The lowest BCUT2D eigenvalue weighted by Gasteiger charge is -2.33. The molecular formula is C18H36. The van der Waals surface area contributed by atoms with Crippen LogP contribution < -0.4 is 0 Å². The van der Waals surface area contributed by atoms with Gasteiger partial charge in [-0.2, -0.15) is 0 Å². The van der Waals surface area contributed by atoms with Gasteiger partial charge in [0.2, 0.25) is 0 Å². The summed E-state index contributed by atoms with van der Waals surface area (Å²) in [5.74, 6) is 4.83. The lowest BCUT2D eigenvalue weighted by atomic mass is 9.73. The number of rotatable bonds is 7. The molecule has 0 radical (unpaired) electrons. The first-order valence-corrected chi connectivity index (χ1v) is 8.49. The third kappa shape index (κ3) is 6.25. The Morgan fingerprint density at radius 2 is 1.44 bits per heavy atom. The van der Waals surface area contributed by atoms with Crippen LogP contribution in [0.25, 0.3) is 0 Å². The molecule has 0 nitrogen and oxygen atoms in total. The van der Waals surface area contributed by atoms with Crippen LogP contribution >= 0.6 is 0 Å². The van der Waals surface area contributed by atoms with E-state index in [0.29, 0.717) is 0 Å². The highest BCUT2D eigenvalue weighted by molar-refractivity contribution is 4.76. The summed E-state index contributed by atoms with van der Waals surface area (Å²) in [5, 5.41) is 0. The zero-order chi connectivity index (χ0) is 13.5. The smallest absolute Gasteiger partial charge is 0.0388 e. The first-order valence-electron chi connectivity index (χ1n) is 8.49. The molecule has 0 aromatic rings. The molecule has 0 bridgehead atoms. The van der Waals surface area contributed by atoms with E-state index < -0.39 is 0 Å². The van der Waals surface area contributed by atoms with Crippen molar-refractivity contribution in [3.63, 3.8) is 0 Å². The van der Waals surface area contributed by atoms with Crippen LogP contribution in [0.15, 0.2) is 0 Å². The monoisotopic (exact) mass is 252 g/mol. The van der Waals surface area contributed by atoms with Crippen molar-refractivity contribution in [2.24, 2.45) is 29.6 Å². The Balaban J connectivity index is 2.16. The van der Waals surface area contributed by atoms with Crippen LogP contribution in [0.2, 0.25) is 0 Å². The highest BCUT2D eigenvalue weighted by atomic mass is 14.3. The quantitative estimate of drug-likeness (QED) is 0.498. The second-order valence-electron chi connectivity index (χ2n) is 7.71. The van der Waals surface area contributed by atoms with E-state index in [1.807, 2.05) is 0 Å². The molecule has 1 aliphatic rings. The molecule has 1 saturated carbocycles. The van der Waals surface area contributed by atoms with Gasteiger partial charge in [-0.3, -0.25) is 0 Å². The van der Waals surface area contributed by atoms with Crippen LogP contribution in [0.5, 0.6) is 0 Å². The fourth-order valence-electron chi connectivity index (χ4n) is 3.80. The molecule has 0 aromatic carbocycles. The molecule has 18 heavy (non-hydrogen) atoms. The van der Waals surface area contributed by atoms with Crippen molar-refractivity contribution in [3.8, 4) is 0 Å². The molecule has 108 valence electrons. The molecule has 0 aliphatic heterocycles. The van der Waals surface area contributed by atoms with Crippen molar-refractivity contribution < 1.29 is 0 Å². The van der Waals surface area contributed by atoms with Crippen LogP contribution in [-0.4, -0.2) is 0 Å². The topological polar surface area (TPSA) is 0 Å². The zero-order valence-electron chi connectivity index (χ0n) is 13.5. The van der Waals surface area contributed by atoms with Gasteiger partial charge in [-0.05, 0) is 48.9 Å². The van der Waals surface area contributed by atoms with Gasteiger partial charge >= 0.3 is 0 Å². The normalized spacial score (nSPS) is 26.8. The van der Waals surface area contributed by atoms with E-state index in [1.165, 1.54) is 51.4 Å². The van der Waals surface area contributed by atoms with Gasteiger partial charge < -0.3 is 0 Å². The Morgan fingerprint density at radius 1 is 0.833 bits per heavy atom. The molecular weight excluding hydrogens is 216 g/mol. The lowest BCUT2D eigenvalue weighted by Crippen LogP contribution is -2.21. The van der Waals surface area contributed by atoms with Crippen LogP contribution in [-0.2, 0) is 0 Å². The van der Waals surface area contributed by atoms with Gasteiger partial charge in [0.05, 0.1) is 0 Å². The minimum Gasteiger partial charge on any atom is -0.0628 e. The highest BCUT2D eigenvalue weighted by Gasteiger charge is 2.25. The average Bonchev–Trinajstić information content (AvgIpc) is 2.28. The molecule has 1 aliphatic carbocycles. The van der Waals surface area contributed by atoms with Gasteiger partial charge in [-0.25, -0.2) is 0 Å². The minimum atomic E-state index is 0.878. The van der Waals surface area contributed by atoms with Crippen LogP contribution in [0.1, 0.15) is 86.0 Å². The Morgan fingerprint density at radius 3 is 1.94 bits per heavy atom. The van der Waals surface area contributed by atoms with Gasteiger partial charge in [-0.1, -0.05) is 66.7 Å². The van der Waals surface area contributed by atoms with Gasteiger partial charge in [0, 0.05) is 0 Å². The van der Waals surface area contributed by atoms with E-state index in [2.05, 4.69) is 34.6 Å². The first kappa shape index (κ1) is 16.1. The Hall–Kier alpha value is 0. The fourth-order valence-corrected chi connectivity index (χ4v) is 3.80. The molecule has 1 atom stereocenters. The molecule has 0 heterocycles. The predicted molar refractivity (Wildman–Crippen MR) is 82.8 cm³/mol. The maximum atomic E-state index is 2.49. The molecule has 1 rings (SSSR count). The summed E-state index contributed by atoms with van der Waals surface area (Å²) in [6, 6.07) is 0.